The van der Waals surface area contributed by atoms with Crippen molar-refractivity contribution >= 4 is 23.6 Å². The predicted molar refractivity (Wildman–Crippen MR) is 91.7 cm³/mol. The molecule has 0 radical (unpaired) electrons. The molecule has 1 aliphatic rings. The number of Topliss-reactive ketones (excluding diaryl/α,β-unsaturated/α-hetero) is 1. The molecule has 3 N–H and O–H groups in total. The summed E-state index contributed by atoms with van der Waals surface area (Å²) in [6, 6.07) is 4.15. The van der Waals surface area contributed by atoms with Gasteiger partial charge in [-0.15, -0.1) is 0 Å². The molecular weight excluding hydrogens is 340 g/mol. The number of benzene rings is 1. The molecule has 0 aliphatic carbocycles. The Kier molecular flexibility index (Phi) is 6.62. The first-order valence-corrected chi connectivity index (χ1v) is 8.21. The fraction of sp³-hybridized carbons (Fsp3) is 0.333. The Bertz CT molecular complexity index is 738. The molecule has 0 atom stereocenters. The van der Waals surface area contributed by atoms with E-state index >= 15 is 0 Å². The van der Waals surface area contributed by atoms with Gasteiger partial charge in [0.05, 0.1) is 0 Å². The van der Waals surface area contributed by atoms with Gasteiger partial charge in [0.1, 0.15) is 18.0 Å². The monoisotopic (exact) mass is 360 g/mol. The second-order valence-corrected chi connectivity index (χ2v) is 5.72. The van der Waals surface area contributed by atoms with E-state index in [1.54, 1.807) is 0 Å². The molecule has 1 aromatic rings. The zero-order chi connectivity index (χ0) is 19.1. The Balaban J connectivity index is 1.82. The van der Waals surface area contributed by atoms with Crippen LogP contribution in [0.15, 0.2) is 30.4 Å². The smallest absolute Gasteiger partial charge is 0.339 e. The highest BCUT2D eigenvalue weighted by Crippen LogP contribution is 2.22. The lowest BCUT2D eigenvalue weighted by Crippen LogP contribution is -2.30. The van der Waals surface area contributed by atoms with Crippen LogP contribution in [0.4, 0.5) is 0 Å². The third-order valence-corrected chi connectivity index (χ3v) is 3.96. The average Bonchev–Trinajstić information content (AvgIpc) is 2.93. The summed E-state index contributed by atoms with van der Waals surface area (Å²) < 4.78 is 5.08. The fourth-order valence-corrected chi connectivity index (χ4v) is 2.61. The van der Waals surface area contributed by atoms with E-state index in [0.29, 0.717) is 31.4 Å². The van der Waals surface area contributed by atoms with Crippen LogP contribution in [0.2, 0.25) is 0 Å². The molecule has 0 spiro atoms. The van der Waals surface area contributed by atoms with Crippen LogP contribution in [0.3, 0.4) is 0 Å². The molecule has 2 amide bonds. The topological polar surface area (TPSA) is 127 Å². The summed E-state index contributed by atoms with van der Waals surface area (Å²) in [6.45, 7) is 0.140. The molecule has 0 fully saturated rings. The minimum Gasteiger partial charge on any atom is -0.478 e. The maximum Gasteiger partial charge on any atom is 0.339 e. The molecule has 1 heterocycles. The third-order valence-electron chi connectivity index (χ3n) is 3.96. The Morgan fingerprint density at radius 2 is 1.77 bits per heavy atom. The maximum absolute atomic E-state index is 12.2. The first-order chi connectivity index (χ1) is 12.4. The largest absolute Gasteiger partial charge is 0.478 e. The number of nitrogens with zero attached hydrogens (tertiary/aromatic N) is 1. The van der Waals surface area contributed by atoms with Gasteiger partial charge in [-0.1, -0.05) is 12.5 Å². The molecule has 0 aromatic heterocycles. The highest BCUT2D eigenvalue weighted by molar-refractivity contribution is 6.12. The van der Waals surface area contributed by atoms with E-state index in [2.05, 4.69) is 0 Å². The number of carboxylic acid groups (broad SMARTS) is 1. The van der Waals surface area contributed by atoms with Crippen LogP contribution in [0, 0.1) is 0 Å². The van der Waals surface area contributed by atoms with Crippen molar-refractivity contribution in [3.05, 3.63) is 41.5 Å². The number of ether oxygens (including phenoxy) is 1. The van der Waals surface area contributed by atoms with Crippen molar-refractivity contribution in [1.82, 2.24) is 4.90 Å². The van der Waals surface area contributed by atoms with Crippen molar-refractivity contribution in [3.8, 4) is 5.75 Å². The number of carbonyl (C=O) groups is 4. The highest BCUT2D eigenvalue weighted by Gasteiger charge is 2.22. The molecule has 2 rings (SSSR count). The van der Waals surface area contributed by atoms with Crippen molar-refractivity contribution in [2.24, 2.45) is 5.73 Å². The standard InChI is InChI=1S/C18H20N2O6/c19-11-26-15-10-12(5-6-13(15)18(24)25)14(21)4-2-1-3-9-20-16(22)7-8-17(20)23/h5-8,10H,1-4,9,11,19H2,(H,24,25). The third kappa shape index (κ3) is 4.76. The first-order valence-electron chi connectivity index (χ1n) is 8.21. The molecule has 0 saturated heterocycles. The lowest BCUT2D eigenvalue weighted by molar-refractivity contribution is -0.136. The van der Waals surface area contributed by atoms with Crippen molar-refractivity contribution in [3.63, 3.8) is 0 Å². The van der Waals surface area contributed by atoms with Crippen LogP contribution >= 0.6 is 0 Å². The summed E-state index contributed by atoms with van der Waals surface area (Å²) >= 11 is 0. The lowest BCUT2D eigenvalue weighted by atomic mass is 10.0. The zero-order valence-electron chi connectivity index (χ0n) is 14.1. The molecule has 8 heteroatoms. The quantitative estimate of drug-likeness (QED) is 0.279. The van der Waals surface area contributed by atoms with Crippen LogP contribution in [0.1, 0.15) is 46.4 Å². The Morgan fingerprint density at radius 3 is 2.38 bits per heavy atom. The molecule has 26 heavy (non-hydrogen) atoms. The molecule has 1 aromatic carbocycles. The molecule has 1 aliphatic heterocycles. The minimum atomic E-state index is -1.16. The zero-order valence-corrected chi connectivity index (χ0v) is 14.1. The second-order valence-electron chi connectivity index (χ2n) is 5.72. The number of unbranched alkanes of at least 4 members (excludes halogenated alkanes) is 2. The Morgan fingerprint density at radius 1 is 1.08 bits per heavy atom. The van der Waals surface area contributed by atoms with Gasteiger partial charge in [-0.05, 0) is 25.0 Å². The van der Waals surface area contributed by atoms with Crippen molar-refractivity contribution in [2.45, 2.75) is 25.7 Å². The van der Waals surface area contributed by atoms with E-state index in [9.17, 15) is 19.2 Å². The van der Waals surface area contributed by atoms with Crippen LogP contribution in [0.25, 0.3) is 0 Å². The average molecular weight is 360 g/mol. The minimum absolute atomic E-state index is 0.0550. The van der Waals surface area contributed by atoms with Crippen molar-refractivity contribution in [2.75, 3.05) is 13.3 Å². The van der Waals surface area contributed by atoms with Crippen LogP contribution in [0.5, 0.6) is 5.75 Å². The van der Waals surface area contributed by atoms with Gasteiger partial charge in [-0.2, -0.15) is 0 Å². The second kappa shape index (κ2) is 8.91. The molecule has 138 valence electrons. The summed E-state index contributed by atoms with van der Waals surface area (Å²) in [4.78, 5) is 47.3. The van der Waals surface area contributed by atoms with E-state index in [-0.39, 0.29) is 42.1 Å². The van der Waals surface area contributed by atoms with Crippen molar-refractivity contribution < 1.29 is 29.0 Å². The highest BCUT2D eigenvalue weighted by atomic mass is 16.5. The summed E-state index contributed by atoms with van der Waals surface area (Å²) in [5, 5.41) is 9.09. The number of nitrogens with two attached hydrogens (primary N) is 1. The van der Waals surface area contributed by atoms with Gasteiger partial charge in [0, 0.05) is 30.7 Å². The van der Waals surface area contributed by atoms with Gasteiger partial charge in [-0.3, -0.25) is 25.0 Å². The number of hydrogen-bond acceptors (Lipinski definition) is 6. The number of ketones is 1. The number of amides is 2. The SMILES string of the molecule is NCOc1cc(C(=O)CCCCCN2C(=O)C=CC2=O)ccc1C(=O)O. The number of imide groups is 1. The Labute approximate surface area is 150 Å². The predicted octanol–water partition coefficient (Wildman–Crippen LogP) is 1.35. The van der Waals surface area contributed by atoms with Gasteiger partial charge < -0.3 is 9.84 Å². The van der Waals surface area contributed by atoms with E-state index in [1.807, 2.05) is 0 Å². The normalized spacial score (nSPS) is 13.3. The van der Waals surface area contributed by atoms with E-state index in [1.165, 1.54) is 35.3 Å². The van der Waals surface area contributed by atoms with Crippen molar-refractivity contribution in [1.29, 1.82) is 0 Å². The van der Waals surface area contributed by atoms with E-state index < -0.39 is 5.97 Å². The van der Waals surface area contributed by atoms with Crippen LogP contribution in [-0.4, -0.2) is 46.8 Å². The molecule has 0 saturated carbocycles. The molecule has 0 bridgehead atoms. The van der Waals surface area contributed by atoms with Gasteiger partial charge >= 0.3 is 5.97 Å². The first kappa shape index (κ1) is 19.3. The molecule has 0 unspecified atom stereocenters. The van der Waals surface area contributed by atoms with Gasteiger partial charge in [0.15, 0.2) is 5.78 Å². The Hall–Kier alpha value is -3.00. The number of rotatable bonds is 10. The van der Waals surface area contributed by atoms with Crippen LogP contribution < -0.4 is 10.5 Å². The van der Waals surface area contributed by atoms with Gasteiger partial charge in [0.2, 0.25) is 0 Å². The van der Waals surface area contributed by atoms with E-state index in [4.69, 9.17) is 15.6 Å². The maximum atomic E-state index is 12.2. The summed E-state index contributed by atoms with van der Waals surface area (Å²) in [5.41, 5.74) is 5.58. The lowest BCUT2D eigenvalue weighted by Gasteiger charge is -2.13. The van der Waals surface area contributed by atoms with Crippen LogP contribution in [-0.2, 0) is 9.59 Å². The number of aromatic carboxylic acids is 1. The van der Waals surface area contributed by atoms with Gasteiger partial charge in [-0.25, -0.2) is 4.79 Å². The summed E-state index contributed by atoms with van der Waals surface area (Å²) in [5.74, 6) is -1.86. The van der Waals surface area contributed by atoms with Gasteiger partial charge in [0.25, 0.3) is 11.8 Å². The number of carboxylic acids is 1. The summed E-state index contributed by atoms with van der Waals surface area (Å²) in [7, 11) is 0. The fourth-order valence-electron chi connectivity index (χ4n) is 2.61. The molecule has 8 nitrogen and oxygen atoms in total. The number of hydrogen-bond donors (Lipinski definition) is 2. The van der Waals surface area contributed by atoms with E-state index in [0.717, 1.165) is 0 Å². The summed E-state index contributed by atoms with van der Waals surface area (Å²) in [6.07, 6.45) is 4.65. The molecular formula is C18H20N2O6. The number of carbonyl (C=O) groups excluding carboxylic acids is 3.